The smallest absolute Gasteiger partial charge is 0.350 e. The van der Waals surface area contributed by atoms with Crippen molar-refractivity contribution in [1.82, 2.24) is 45.3 Å². The van der Waals surface area contributed by atoms with Crippen molar-refractivity contribution in [3.63, 3.8) is 0 Å². The number of oxazole rings is 1. The highest BCUT2D eigenvalue weighted by Crippen LogP contribution is 2.28. The average molecular weight is 522 g/mol. The number of amides is 1. The fourth-order valence-electron chi connectivity index (χ4n) is 4.86. The molecule has 3 aromatic heterocycles. The van der Waals surface area contributed by atoms with Crippen LogP contribution < -0.4 is 5.32 Å². The van der Waals surface area contributed by atoms with E-state index >= 15 is 0 Å². The zero-order chi connectivity index (χ0) is 26.1. The molecule has 1 aromatic carbocycles. The number of pyridine rings is 1. The Morgan fingerprint density at radius 2 is 1.89 bits per heavy atom. The van der Waals surface area contributed by atoms with E-state index in [4.69, 9.17) is 4.42 Å². The van der Waals surface area contributed by atoms with E-state index in [2.05, 4.69) is 35.6 Å². The standard InChI is InChI=1S/C25H25F2N9O2/c26-25(27)36-32-22(31-33-36)21(16-4-2-1-3-5-16)34-10-12-35(13-11-34)24(37)18-14-17(6-9-29-18)23-30-19-15-28-8-7-20(19)38-23/h1-6,9,14,21,25,28H,7-8,10-13,15H2/t21-/m1/s1. The van der Waals surface area contributed by atoms with Crippen LogP contribution in [-0.2, 0) is 13.0 Å². The van der Waals surface area contributed by atoms with Gasteiger partial charge >= 0.3 is 6.55 Å². The van der Waals surface area contributed by atoms with Crippen LogP contribution in [0, 0.1) is 0 Å². The van der Waals surface area contributed by atoms with Gasteiger partial charge in [0.25, 0.3) is 5.91 Å². The largest absolute Gasteiger partial charge is 0.441 e. The average Bonchev–Trinajstić information content (AvgIpc) is 3.62. The lowest BCUT2D eigenvalue weighted by Crippen LogP contribution is -2.50. The van der Waals surface area contributed by atoms with E-state index in [9.17, 15) is 13.6 Å². The quantitative estimate of drug-likeness (QED) is 0.408. The maximum Gasteiger partial charge on any atom is 0.350 e. The Labute approximate surface area is 216 Å². The first-order chi connectivity index (χ1) is 18.6. The Balaban J connectivity index is 1.17. The van der Waals surface area contributed by atoms with Crippen molar-refractivity contribution >= 4 is 5.91 Å². The SMILES string of the molecule is O=C(c1cc(-c2nc3c(o2)CCNC3)ccn1)N1CCN([C@H](c2ccccc2)c2nnn(C(F)F)n2)CC1. The maximum absolute atomic E-state index is 13.3. The van der Waals surface area contributed by atoms with Crippen LogP contribution in [0.4, 0.5) is 8.78 Å². The molecule has 1 saturated heterocycles. The van der Waals surface area contributed by atoms with Crippen LogP contribution in [-0.4, -0.2) is 78.6 Å². The highest BCUT2D eigenvalue weighted by molar-refractivity contribution is 5.93. The summed E-state index contributed by atoms with van der Waals surface area (Å²) in [5, 5.41) is 14.6. The Morgan fingerprint density at radius 1 is 1.08 bits per heavy atom. The summed E-state index contributed by atoms with van der Waals surface area (Å²) in [6, 6.07) is 12.5. The molecule has 0 radical (unpaired) electrons. The molecule has 196 valence electrons. The Kier molecular flexibility index (Phi) is 6.60. The first-order valence-corrected chi connectivity index (χ1v) is 12.4. The van der Waals surface area contributed by atoms with Crippen molar-refractivity contribution in [1.29, 1.82) is 0 Å². The lowest BCUT2D eigenvalue weighted by atomic mass is 10.0. The van der Waals surface area contributed by atoms with Gasteiger partial charge in [-0.1, -0.05) is 35.1 Å². The molecule has 0 bridgehead atoms. The number of hydrogen-bond donors (Lipinski definition) is 1. The number of rotatable bonds is 6. The van der Waals surface area contributed by atoms with Crippen molar-refractivity contribution in [3.8, 4) is 11.5 Å². The summed E-state index contributed by atoms with van der Waals surface area (Å²) < 4.78 is 32.2. The van der Waals surface area contributed by atoms with E-state index in [0.29, 0.717) is 54.7 Å². The van der Waals surface area contributed by atoms with Crippen LogP contribution in [0.15, 0.2) is 53.1 Å². The number of alkyl halides is 2. The molecule has 0 unspecified atom stereocenters. The molecule has 1 fully saturated rings. The molecule has 2 aliphatic rings. The highest BCUT2D eigenvalue weighted by atomic mass is 19.3. The van der Waals surface area contributed by atoms with Crippen molar-refractivity contribution in [3.05, 3.63) is 77.2 Å². The monoisotopic (exact) mass is 521 g/mol. The number of aromatic nitrogens is 6. The molecule has 0 spiro atoms. The number of carbonyl (C=O) groups is 1. The molecule has 4 aromatic rings. The lowest BCUT2D eigenvalue weighted by Gasteiger charge is -2.38. The van der Waals surface area contributed by atoms with Crippen LogP contribution in [0.5, 0.6) is 0 Å². The number of nitrogens with zero attached hydrogens (tertiary/aromatic N) is 8. The second kappa shape index (κ2) is 10.3. The van der Waals surface area contributed by atoms with Crippen molar-refractivity contribution < 1.29 is 18.0 Å². The number of piperazine rings is 1. The van der Waals surface area contributed by atoms with Gasteiger partial charge in [-0.05, 0) is 22.9 Å². The van der Waals surface area contributed by atoms with E-state index in [1.165, 1.54) is 0 Å². The van der Waals surface area contributed by atoms with Gasteiger partial charge in [-0.3, -0.25) is 14.7 Å². The number of fused-ring (bicyclic) bond motifs is 1. The highest BCUT2D eigenvalue weighted by Gasteiger charge is 2.32. The molecule has 2 aliphatic heterocycles. The van der Waals surface area contributed by atoms with Gasteiger partial charge in [-0.2, -0.15) is 8.78 Å². The zero-order valence-electron chi connectivity index (χ0n) is 20.4. The van der Waals surface area contributed by atoms with Crippen molar-refractivity contribution in [2.75, 3.05) is 32.7 Å². The zero-order valence-corrected chi connectivity index (χ0v) is 20.4. The molecular weight excluding hydrogens is 496 g/mol. The summed E-state index contributed by atoms with van der Waals surface area (Å²) in [7, 11) is 0. The van der Waals surface area contributed by atoms with E-state index in [1.54, 1.807) is 23.2 Å². The van der Waals surface area contributed by atoms with Crippen LogP contribution in [0.2, 0.25) is 0 Å². The normalized spacial score (nSPS) is 17.0. The van der Waals surface area contributed by atoms with Crippen LogP contribution in [0.1, 0.15) is 45.9 Å². The third-order valence-corrected chi connectivity index (χ3v) is 6.77. The third kappa shape index (κ3) is 4.77. The third-order valence-electron chi connectivity index (χ3n) is 6.77. The van der Waals surface area contributed by atoms with Crippen molar-refractivity contribution in [2.24, 2.45) is 0 Å². The van der Waals surface area contributed by atoms with Crippen LogP contribution in [0.25, 0.3) is 11.5 Å². The molecular formula is C25H25F2N9O2. The molecule has 13 heteroatoms. The first kappa shape index (κ1) is 24.2. The molecule has 1 N–H and O–H groups in total. The fourth-order valence-corrected chi connectivity index (χ4v) is 4.86. The minimum absolute atomic E-state index is 0.189. The summed E-state index contributed by atoms with van der Waals surface area (Å²) >= 11 is 0. The molecule has 6 rings (SSSR count). The van der Waals surface area contributed by atoms with Crippen LogP contribution >= 0.6 is 0 Å². The second-order valence-corrected chi connectivity index (χ2v) is 9.13. The van der Waals surface area contributed by atoms with E-state index in [0.717, 1.165) is 30.0 Å². The second-order valence-electron chi connectivity index (χ2n) is 9.13. The topological polar surface area (TPSA) is 118 Å². The van der Waals surface area contributed by atoms with Gasteiger partial charge in [0.2, 0.25) is 5.89 Å². The number of nitrogens with one attached hydrogen (secondary N) is 1. The molecule has 1 amide bonds. The predicted molar refractivity (Wildman–Crippen MR) is 130 cm³/mol. The predicted octanol–water partition coefficient (Wildman–Crippen LogP) is 2.31. The van der Waals surface area contributed by atoms with Gasteiger partial charge < -0.3 is 14.6 Å². The fraction of sp³-hybridized carbons (Fsp3) is 0.360. The van der Waals surface area contributed by atoms with E-state index in [-0.39, 0.29) is 11.7 Å². The van der Waals surface area contributed by atoms with Crippen LogP contribution in [0.3, 0.4) is 0 Å². The van der Waals surface area contributed by atoms with E-state index in [1.807, 2.05) is 30.3 Å². The molecule has 38 heavy (non-hydrogen) atoms. The van der Waals surface area contributed by atoms with Gasteiger partial charge in [0, 0.05) is 57.4 Å². The summed E-state index contributed by atoms with van der Waals surface area (Å²) in [5.74, 6) is 1.35. The molecule has 1 atom stereocenters. The van der Waals surface area contributed by atoms with Gasteiger partial charge in [0.15, 0.2) is 5.82 Å². The Morgan fingerprint density at radius 3 is 2.63 bits per heavy atom. The number of tetrazole rings is 1. The minimum atomic E-state index is -2.87. The first-order valence-electron chi connectivity index (χ1n) is 12.4. The summed E-state index contributed by atoms with van der Waals surface area (Å²) in [6.07, 6.45) is 2.37. The number of halogens is 2. The minimum Gasteiger partial charge on any atom is -0.441 e. The van der Waals surface area contributed by atoms with Crippen molar-refractivity contribution in [2.45, 2.75) is 25.6 Å². The molecule has 5 heterocycles. The molecule has 11 nitrogen and oxygen atoms in total. The Bertz CT molecular complexity index is 1390. The number of carbonyl (C=O) groups excluding carboxylic acids is 1. The van der Waals surface area contributed by atoms with Gasteiger partial charge in [0.05, 0.1) is 11.7 Å². The molecule has 0 saturated carbocycles. The maximum atomic E-state index is 13.3. The summed E-state index contributed by atoms with van der Waals surface area (Å²) in [5.41, 5.74) is 2.77. The summed E-state index contributed by atoms with van der Waals surface area (Å²) in [6.45, 7) is 0.481. The van der Waals surface area contributed by atoms with Gasteiger partial charge in [0.1, 0.15) is 11.5 Å². The van der Waals surface area contributed by atoms with Gasteiger partial charge in [-0.15, -0.1) is 10.2 Å². The Hall–Kier alpha value is -4.10. The van der Waals surface area contributed by atoms with E-state index < -0.39 is 12.6 Å². The number of hydrogen-bond acceptors (Lipinski definition) is 9. The lowest BCUT2D eigenvalue weighted by molar-refractivity contribution is 0.0385. The molecule has 0 aliphatic carbocycles. The van der Waals surface area contributed by atoms with Gasteiger partial charge in [-0.25, -0.2) is 4.98 Å². The summed E-state index contributed by atoms with van der Waals surface area (Å²) in [4.78, 5) is 26.3. The number of benzene rings is 1.